The van der Waals surface area contributed by atoms with E-state index in [2.05, 4.69) is 0 Å². The van der Waals surface area contributed by atoms with Crippen LogP contribution in [-0.4, -0.2) is 36.2 Å². The number of nitrogens with one attached hydrogen (secondary N) is 1. The molecule has 122 valence electrons. The van der Waals surface area contributed by atoms with Crippen molar-refractivity contribution in [1.29, 1.82) is 0 Å². The van der Waals surface area contributed by atoms with Crippen LogP contribution in [0.15, 0.2) is 0 Å². The largest absolute Gasteiger partial charge is 0.463 e. The number of hydrogen-bond acceptors (Lipinski definition) is 2. The van der Waals surface area contributed by atoms with E-state index in [4.69, 9.17) is 11.6 Å². The van der Waals surface area contributed by atoms with E-state index in [1.54, 1.807) is 5.32 Å². The lowest BCUT2D eigenvalue weighted by Crippen LogP contribution is -2.54. The third-order valence-corrected chi connectivity index (χ3v) is 3.99. The van der Waals surface area contributed by atoms with E-state index in [1.165, 1.54) is 0 Å². The molecule has 9 heteroatoms. The smallest absolute Gasteiger partial charge is 0.350 e. The molecule has 0 bridgehead atoms. The van der Waals surface area contributed by atoms with Gasteiger partial charge in [-0.3, -0.25) is 9.59 Å². The molecular formula is C12H15ClF5NO2. The van der Waals surface area contributed by atoms with Crippen molar-refractivity contribution >= 4 is 23.3 Å². The highest BCUT2D eigenvalue weighted by Crippen LogP contribution is 2.38. The minimum atomic E-state index is -5.96. The van der Waals surface area contributed by atoms with Gasteiger partial charge < -0.3 is 5.32 Å². The lowest BCUT2D eigenvalue weighted by molar-refractivity contribution is -0.269. The number of rotatable bonds is 5. The minimum absolute atomic E-state index is 0.316. The van der Waals surface area contributed by atoms with E-state index in [-0.39, 0.29) is 5.88 Å². The molecule has 1 N–H and O–H groups in total. The summed E-state index contributed by atoms with van der Waals surface area (Å²) < 4.78 is 61.9. The van der Waals surface area contributed by atoms with Crippen LogP contribution in [0, 0.1) is 5.41 Å². The Balaban J connectivity index is 2.78. The first-order valence-corrected chi connectivity index (χ1v) is 6.92. The van der Waals surface area contributed by atoms with Gasteiger partial charge in [0, 0.05) is 12.0 Å². The van der Waals surface area contributed by atoms with Gasteiger partial charge in [0.05, 0.1) is 5.88 Å². The van der Waals surface area contributed by atoms with Gasteiger partial charge in [-0.05, 0) is 12.8 Å². The lowest BCUT2D eigenvalue weighted by Gasteiger charge is -2.36. The number of halogens is 6. The summed E-state index contributed by atoms with van der Waals surface area (Å²) in [5.74, 6) is -8.74. The molecule has 1 saturated carbocycles. The summed E-state index contributed by atoms with van der Waals surface area (Å²) in [6.07, 6.45) is -3.23. The normalized spacial score (nSPS) is 19.1. The Kier molecular flexibility index (Phi) is 5.57. The predicted molar refractivity (Wildman–Crippen MR) is 65.3 cm³/mol. The first-order valence-electron chi connectivity index (χ1n) is 6.39. The molecule has 0 saturated heterocycles. The molecule has 1 aliphatic rings. The van der Waals surface area contributed by atoms with Gasteiger partial charge in [-0.15, -0.1) is 11.6 Å². The zero-order chi connectivity index (χ0) is 16.3. The van der Waals surface area contributed by atoms with Crippen LogP contribution >= 0.6 is 11.6 Å². The molecule has 0 aromatic rings. The average molecular weight is 336 g/mol. The van der Waals surface area contributed by atoms with Gasteiger partial charge in [0.1, 0.15) is 0 Å². The van der Waals surface area contributed by atoms with E-state index >= 15 is 0 Å². The van der Waals surface area contributed by atoms with Crippen LogP contribution in [0.3, 0.4) is 0 Å². The van der Waals surface area contributed by atoms with Crippen molar-refractivity contribution in [2.75, 3.05) is 12.4 Å². The summed E-state index contributed by atoms with van der Waals surface area (Å²) >= 11 is 5.46. The van der Waals surface area contributed by atoms with Gasteiger partial charge in [0.2, 0.25) is 0 Å². The van der Waals surface area contributed by atoms with Gasteiger partial charge in [-0.25, -0.2) is 0 Å². The fraction of sp³-hybridized carbons (Fsp3) is 0.833. The Morgan fingerprint density at radius 3 is 2.00 bits per heavy atom. The van der Waals surface area contributed by atoms with E-state index in [9.17, 15) is 31.5 Å². The highest BCUT2D eigenvalue weighted by atomic mass is 35.5. The molecule has 0 atom stereocenters. The number of Topliss-reactive ketones (excluding diaryl/α,β-unsaturated/α-hetero) is 1. The van der Waals surface area contributed by atoms with Crippen LogP contribution in [0.1, 0.15) is 32.1 Å². The monoisotopic (exact) mass is 335 g/mol. The maximum absolute atomic E-state index is 12.8. The Hall–Kier alpha value is -0.920. The number of carbonyl (C=O) groups is 2. The number of alkyl halides is 6. The van der Waals surface area contributed by atoms with Gasteiger partial charge in [-0.2, -0.15) is 22.0 Å². The van der Waals surface area contributed by atoms with Crippen molar-refractivity contribution in [3.8, 4) is 0 Å². The van der Waals surface area contributed by atoms with Crippen molar-refractivity contribution in [3.05, 3.63) is 0 Å². The summed E-state index contributed by atoms with van der Waals surface area (Å²) in [6, 6.07) is 0. The summed E-state index contributed by atoms with van der Waals surface area (Å²) in [7, 11) is 0. The second kappa shape index (κ2) is 6.46. The van der Waals surface area contributed by atoms with Gasteiger partial charge in [0.15, 0.2) is 5.78 Å². The highest BCUT2D eigenvalue weighted by Gasteiger charge is 2.63. The number of hydrogen-bond donors (Lipinski definition) is 1. The molecule has 0 aromatic heterocycles. The first-order chi connectivity index (χ1) is 9.57. The predicted octanol–water partition coefficient (Wildman–Crippen LogP) is 3.06. The Labute approximate surface area is 123 Å². The molecule has 21 heavy (non-hydrogen) atoms. The lowest BCUT2D eigenvalue weighted by atomic mass is 9.71. The molecule has 0 radical (unpaired) electrons. The second-order valence-electron chi connectivity index (χ2n) is 5.15. The quantitative estimate of drug-likeness (QED) is 0.620. The van der Waals surface area contributed by atoms with E-state index in [0.29, 0.717) is 25.7 Å². The standard InChI is InChI=1S/C12H15ClF5NO2/c13-6-8(20)10(4-2-1-3-5-10)7-19-9(21)11(14,15)12(16,17)18/h1-7H2,(H,19,21). The maximum atomic E-state index is 12.8. The molecule has 0 unspecified atom stereocenters. The minimum Gasteiger partial charge on any atom is -0.350 e. The zero-order valence-electron chi connectivity index (χ0n) is 11.0. The molecule has 0 spiro atoms. The molecule has 0 heterocycles. The summed E-state index contributed by atoms with van der Waals surface area (Å²) in [5, 5.41) is 1.57. The SMILES string of the molecule is O=C(CCl)C1(CNC(=O)C(F)(F)C(F)(F)F)CCCCC1. The first kappa shape index (κ1) is 18.1. The second-order valence-corrected chi connectivity index (χ2v) is 5.42. The molecule has 3 nitrogen and oxygen atoms in total. The fourth-order valence-electron chi connectivity index (χ4n) is 2.41. The van der Waals surface area contributed by atoms with Gasteiger partial charge in [0.25, 0.3) is 5.91 Å². The summed E-state index contributed by atoms with van der Waals surface area (Å²) in [5.41, 5.74) is -1.14. The third kappa shape index (κ3) is 3.84. The van der Waals surface area contributed by atoms with Gasteiger partial charge in [-0.1, -0.05) is 19.3 Å². The van der Waals surface area contributed by atoms with E-state index in [0.717, 1.165) is 6.42 Å². The molecular weight excluding hydrogens is 321 g/mol. The zero-order valence-corrected chi connectivity index (χ0v) is 11.8. The molecule has 1 fully saturated rings. The Morgan fingerprint density at radius 1 is 1.05 bits per heavy atom. The Bertz CT molecular complexity index is 405. The summed E-state index contributed by atoms with van der Waals surface area (Å²) in [6.45, 7) is -0.553. The molecule has 0 aliphatic heterocycles. The van der Waals surface area contributed by atoms with Crippen LogP contribution < -0.4 is 5.32 Å². The highest BCUT2D eigenvalue weighted by molar-refractivity contribution is 6.28. The van der Waals surface area contributed by atoms with E-state index < -0.39 is 35.7 Å². The summed E-state index contributed by atoms with van der Waals surface area (Å²) in [4.78, 5) is 22.9. The van der Waals surface area contributed by atoms with Crippen LogP contribution in [-0.2, 0) is 9.59 Å². The molecule has 1 rings (SSSR count). The van der Waals surface area contributed by atoms with Crippen molar-refractivity contribution in [2.24, 2.45) is 5.41 Å². The van der Waals surface area contributed by atoms with Crippen molar-refractivity contribution in [2.45, 2.75) is 44.2 Å². The third-order valence-electron chi connectivity index (χ3n) is 3.75. The fourth-order valence-corrected chi connectivity index (χ4v) is 2.70. The van der Waals surface area contributed by atoms with Crippen molar-refractivity contribution < 1.29 is 31.5 Å². The van der Waals surface area contributed by atoms with Crippen LogP contribution in [0.25, 0.3) is 0 Å². The molecule has 0 aromatic carbocycles. The van der Waals surface area contributed by atoms with Crippen molar-refractivity contribution in [1.82, 2.24) is 5.32 Å². The number of amides is 1. The van der Waals surface area contributed by atoms with Gasteiger partial charge >= 0.3 is 12.1 Å². The van der Waals surface area contributed by atoms with E-state index in [1.807, 2.05) is 0 Å². The van der Waals surface area contributed by atoms with Crippen molar-refractivity contribution in [3.63, 3.8) is 0 Å². The topological polar surface area (TPSA) is 46.2 Å². The maximum Gasteiger partial charge on any atom is 0.463 e. The molecule has 1 amide bonds. The molecule has 1 aliphatic carbocycles. The van der Waals surface area contributed by atoms with Crippen LogP contribution in [0.2, 0.25) is 0 Å². The van der Waals surface area contributed by atoms with Crippen LogP contribution in [0.4, 0.5) is 22.0 Å². The van der Waals surface area contributed by atoms with Crippen LogP contribution in [0.5, 0.6) is 0 Å². The average Bonchev–Trinajstić information content (AvgIpc) is 2.43. The number of carbonyl (C=O) groups excluding carboxylic acids is 2. The number of ketones is 1. The Morgan fingerprint density at radius 2 is 1.57 bits per heavy atom.